The van der Waals surface area contributed by atoms with Gasteiger partial charge in [0, 0.05) is 33.7 Å². The van der Waals surface area contributed by atoms with Crippen LogP contribution in [-0.4, -0.2) is 94.5 Å². The summed E-state index contributed by atoms with van der Waals surface area (Å²) in [5.41, 5.74) is -6.43. The van der Waals surface area contributed by atoms with Crippen molar-refractivity contribution in [3.63, 3.8) is 0 Å². The molecule has 0 aromatic carbocycles. The molecule has 13 heteroatoms. The van der Waals surface area contributed by atoms with Crippen LogP contribution in [0.25, 0.3) is 0 Å². The van der Waals surface area contributed by atoms with Gasteiger partial charge in [-0.15, -0.1) is 0 Å². The van der Waals surface area contributed by atoms with E-state index in [1.807, 2.05) is 0 Å². The molecule has 6 aliphatic rings. The second-order valence-electron chi connectivity index (χ2n) is 14.1. The summed E-state index contributed by atoms with van der Waals surface area (Å²) >= 11 is 0. The highest BCUT2D eigenvalue weighted by molar-refractivity contribution is 6.03. The summed E-state index contributed by atoms with van der Waals surface area (Å²) in [6.07, 6.45) is -8.16. The lowest BCUT2D eigenvalue weighted by atomic mass is 9.44. The number of ketones is 1. The number of aliphatic hydroxyl groups is 3. The van der Waals surface area contributed by atoms with Crippen LogP contribution in [0.1, 0.15) is 60.8 Å². The van der Waals surface area contributed by atoms with Crippen molar-refractivity contribution < 1.29 is 63.0 Å². The Hall–Kier alpha value is -3.13. The van der Waals surface area contributed by atoms with E-state index < -0.39 is 112 Å². The number of methoxy groups -OCH3 is 1. The Morgan fingerprint density at radius 1 is 1.11 bits per heavy atom. The number of fused-ring (bicyclic) bond motifs is 1. The van der Waals surface area contributed by atoms with Gasteiger partial charge in [0.05, 0.1) is 31.1 Å². The number of hydrogen-bond acceptors (Lipinski definition) is 13. The first-order valence-electron chi connectivity index (χ1n) is 15.2. The number of rotatable bonds is 6. The molecule has 12 atom stereocenters. The van der Waals surface area contributed by atoms with Gasteiger partial charge in [-0.3, -0.25) is 14.4 Å². The number of cyclic esters (lactones) is 2. The summed E-state index contributed by atoms with van der Waals surface area (Å²) in [6.45, 7) is 14.0. The predicted molar refractivity (Wildman–Crippen MR) is 151 cm³/mol. The van der Waals surface area contributed by atoms with E-state index in [0.717, 1.165) is 13.2 Å². The Kier molecular flexibility index (Phi) is 7.91. The molecule has 5 fully saturated rings. The molecule has 13 nitrogen and oxygen atoms in total. The number of carbonyl (C=O) groups excluding carboxylic acids is 5. The molecule has 4 heterocycles. The highest BCUT2D eigenvalue weighted by Gasteiger charge is 2.78. The van der Waals surface area contributed by atoms with Crippen LogP contribution in [0.5, 0.6) is 0 Å². The van der Waals surface area contributed by atoms with Gasteiger partial charge in [-0.25, -0.2) is 9.59 Å². The standard InChI is InChI=1S/C32H42O13/c1-9-13(2)26(38)44-21-23(37)29(4,5)22(20(36)28(40)41-8)31(7)16-11-30(6)24(15-10-17(33)43-27(15)39)42-18(34)12-32(30,45-25(21)31)14(3)19(16)35/h10,13,16-17,20-25,33,36-37H,3,9,11-12H2,1-2,4-8H3/t13-,16+,17+,20+,21+,22+,23-,24+,25+,30+,31-,32+/m1/s1. The summed E-state index contributed by atoms with van der Waals surface area (Å²) in [7, 11) is 1.10. The van der Waals surface area contributed by atoms with Crippen LogP contribution in [0, 0.1) is 34.0 Å². The van der Waals surface area contributed by atoms with Gasteiger partial charge in [0.2, 0.25) is 6.29 Å². The Labute approximate surface area is 260 Å². The SMILES string of the molecule is C=C1C(=O)[C@@H]2C[C@@]3(C)[C@H](C4=C[C@@H](O)OC4=O)OC(=O)C[C@]13O[C@H]1[C@@H](OC(=O)[C@H](C)CC)[C@@H](O)C(C)(C)[C@H]([C@H](O)C(=O)OC)[C@@]21C. The molecule has 248 valence electrons. The molecule has 0 aromatic heterocycles. The van der Waals surface area contributed by atoms with Gasteiger partial charge >= 0.3 is 23.9 Å². The summed E-state index contributed by atoms with van der Waals surface area (Å²) in [5.74, 6) is -6.79. The van der Waals surface area contributed by atoms with E-state index in [4.69, 9.17) is 23.7 Å². The molecule has 3 N–H and O–H groups in total. The summed E-state index contributed by atoms with van der Waals surface area (Å²) < 4.78 is 28.5. The van der Waals surface area contributed by atoms with Gasteiger partial charge < -0.3 is 39.0 Å². The second kappa shape index (κ2) is 10.7. The van der Waals surface area contributed by atoms with Crippen LogP contribution < -0.4 is 0 Å². The number of hydrogen-bond donors (Lipinski definition) is 3. The fraction of sp³-hybridized carbons (Fsp3) is 0.719. The molecule has 2 bridgehead atoms. The van der Waals surface area contributed by atoms with Crippen molar-refractivity contribution in [2.24, 2.45) is 34.0 Å². The lowest BCUT2D eigenvalue weighted by molar-refractivity contribution is -0.288. The molecule has 2 saturated carbocycles. The van der Waals surface area contributed by atoms with E-state index in [0.29, 0.717) is 6.42 Å². The average Bonchev–Trinajstić information content (AvgIpc) is 3.25. The Morgan fingerprint density at radius 3 is 2.31 bits per heavy atom. The average molecular weight is 635 g/mol. The van der Waals surface area contributed by atoms with Gasteiger partial charge in [0.25, 0.3) is 0 Å². The molecule has 2 aliphatic carbocycles. The van der Waals surface area contributed by atoms with Gasteiger partial charge in [-0.2, -0.15) is 0 Å². The van der Waals surface area contributed by atoms with Crippen LogP contribution in [0.4, 0.5) is 0 Å². The first-order chi connectivity index (χ1) is 20.8. The fourth-order valence-corrected chi connectivity index (χ4v) is 8.83. The second-order valence-corrected chi connectivity index (χ2v) is 14.1. The van der Waals surface area contributed by atoms with E-state index in [1.54, 1.807) is 41.5 Å². The maximum absolute atomic E-state index is 14.4. The molecule has 1 spiro atoms. The smallest absolute Gasteiger partial charge is 0.340 e. The minimum absolute atomic E-state index is 0.0981. The zero-order valence-corrected chi connectivity index (χ0v) is 26.5. The van der Waals surface area contributed by atoms with Crippen molar-refractivity contribution in [2.45, 2.75) is 103 Å². The Balaban J connectivity index is 1.79. The van der Waals surface area contributed by atoms with Crippen molar-refractivity contribution in [3.05, 3.63) is 23.8 Å². The zero-order valence-electron chi connectivity index (χ0n) is 26.5. The minimum Gasteiger partial charge on any atom is -0.467 e. The first-order valence-corrected chi connectivity index (χ1v) is 15.2. The largest absolute Gasteiger partial charge is 0.467 e. The van der Waals surface area contributed by atoms with Crippen LogP contribution in [0.15, 0.2) is 23.8 Å². The number of carbonyl (C=O) groups is 5. The minimum atomic E-state index is -1.86. The lowest BCUT2D eigenvalue weighted by Crippen LogP contribution is -2.70. The Morgan fingerprint density at radius 2 is 1.76 bits per heavy atom. The van der Waals surface area contributed by atoms with Crippen molar-refractivity contribution in [1.82, 2.24) is 0 Å². The van der Waals surface area contributed by atoms with Crippen LogP contribution in [-0.2, 0) is 47.7 Å². The lowest BCUT2D eigenvalue weighted by Gasteiger charge is -2.60. The van der Waals surface area contributed by atoms with E-state index >= 15 is 0 Å². The molecular formula is C32H42O13. The molecule has 0 unspecified atom stereocenters. The quantitative estimate of drug-likeness (QED) is 0.212. The molecule has 0 amide bonds. The summed E-state index contributed by atoms with van der Waals surface area (Å²) in [4.78, 5) is 66.9. The highest BCUT2D eigenvalue weighted by atomic mass is 16.6. The fourth-order valence-electron chi connectivity index (χ4n) is 8.83. The van der Waals surface area contributed by atoms with Gasteiger partial charge in [-0.1, -0.05) is 48.1 Å². The summed E-state index contributed by atoms with van der Waals surface area (Å²) in [5, 5.41) is 33.5. The van der Waals surface area contributed by atoms with E-state index in [-0.39, 0.29) is 17.6 Å². The zero-order chi connectivity index (χ0) is 33.6. The number of aliphatic hydroxyl groups excluding tert-OH is 3. The van der Waals surface area contributed by atoms with Crippen LogP contribution in [0.2, 0.25) is 0 Å². The van der Waals surface area contributed by atoms with Crippen LogP contribution in [0.3, 0.4) is 0 Å². The van der Waals surface area contributed by atoms with E-state index in [1.165, 1.54) is 0 Å². The molecule has 4 aliphatic heterocycles. The molecule has 3 saturated heterocycles. The summed E-state index contributed by atoms with van der Waals surface area (Å²) in [6, 6.07) is 0. The van der Waals surface area contributed by atoms with E-state index in [9.17, 15) is 39.3 Å². The molecular weight excluding hydrogens is 592 g/mol. The van der Waals surface area contributed by atoms with Gasteiger partial charge in [0.1, 0.15) is 17.8 Å². The topological polar surface area (TPSA) is 192 Å². The third-order valence-electron chi connectivity index (χ3n) is 11.5. The monoisotopic (exact) mass is 634 g/mol. The number of Topliss-reactive ketones (excluding diaryl/α,β-unsaturated/α-hetero) is 1. The van der Waals surface area contributed by atoms with Gasteiger partial charge in [0.15, 0.2) is 18.0 Å². The van der Waals surface area contributed by atoms with E-state index in [2.05, 4.69) is 6.58 Å². The maximum Gasteiger partial charge on any atom is 0.340 e. The number of ether oxygens (including phenoxy) is 5. The molecule has 6 rings (SSSR count). The molecule has 0 aromatic rings. The number of esters is 4. The molecule has 45 heavy (non-hydrogen) atoms. The first kappa shape index (κ1) is 33.2. The van der Waals surface area contributed by atoms with Crippen molar-refractivity contribution in [3.8, 4) is 0 Å². The molecule has 0 radical (unpaired) electrons. The predicted octanol–water partition coefficient (Wildman–Crippen LogP) is 0.908. The normalized spacial score (nSPS) is 43.2. The Bertz CT molecular complexity index is 1380. The third kappa shape index (κ3) is 4.37. The van der Waals surface area contributed by atoms with Crippen molar-refractivity contribution in [1.29, 1.82) is 0 Å². The highest BCUT2D eigenvalue weighted by Crippen LogP contribution is 2.70. The van der Waals surface area contributed by atoms with Crippen LogP contribution >= 0.6 is 0 Å². The third-order valence-corrected chi connectivity index (χ3v) is 11.5. The van der Waals surface area contributed by atoms with Crippen molar-refractivity contribution in [2.75, 3.05) is 7.11 Å². The van der Waals surface area contributed by atoms with Gasteiger partial charge in [-0.05, 0) is 18.9 Å². The maximum atomic E-state index is 14.4. The van der Waals surface area contributed by atoms with Crippen molar-refractivity contribution >= 4 is 29.7 Å².